The maximum atomic E-state index is 11.9. The molecule has 1 atom stereocenters. The monoisotopic (exact) mass is 213 g/mol. The summed E-state index contributed by atoms with van der Waals surface area (Å²) < 4.78 is 10.5. The summed E-state index contributed by atoms with van der Waals surface area (Å²) in [5.74, 6) is -0.102. The molecule has 1 spiro atoms. The average molecular weight is 213 g/mol. The van der Waals surface area contributed by atoms with E-state index in [1.165, 1.54) is 0 Å². The van der Waals surface area contributed by atoms with Gasteiger partial charge in [0.2, 0.25) is 0 Å². The molecule has 0 aromatic carbocycles. The number of hydrogen-bond acceptors (Lipinski definition) is 4. The molecule has 2 fully saturated rings. The first-order valence-corrected chi connectivity index (χ1v) is 5.66. The van der Waals surface area contributed by atoms with Gasteiger partial charge in [0.05, 0.1) is 12.0 Å². The lowest BCUT2D eigenvalue weighted by molar-refractivity contribution is -0.151. The summed E-state index contributed by atoms with van der Waals surface area (Å²) in [7, 11) is 0. The first kappa shape index (κ1) is 10.9. The molecular formula is C11H19NO3. The molecule has 2 rings (SSSR count). The molecule has 1 aliphatic carbocycles. The molecule has 1 unspecified atom stereocenters. The Morgan fingerprint density at radius 2 is 2.13 bits per heavy atom. The number of esters is 1. The molecule has 4 heteroatoms. The van der Waals surface area contributed by atoms with E-state index in [0.717, 1.165) is 32.5 Å². The van der Waals surface area contributed by atoms with E-state index in [-0.39, 0.29) is 11.4 Å². The van der Waals surface area contributed by atoms with E-state index in [4.69, 9.17) is 15.2 Å². The molecule has 0 amide bonds. The van der Waals surface area contributed by atoms with E-state index in [0.29, 0.717) is 13.2 Å². The molecule has 4 nitrogen and oxygen atoms in total. The van der Waals surface area contributed by atoms with Crippen LogP contribution in [0.5, 0.6) is 0 Å². The molecule has 1 aliphatic heterocycles. The molecule has 1 saturated heterocycles. The Bertz CT molecular complexity index is 261. The maximum Gasteiger partial charge on any atom is 0.313 e. The normalized spacial score (nSPS) is 32.7. The van der Waals surface area contributed by atoms with Crippen LogP contribution in [0.4, 0.5) is 0 Å². The second-order valence-corrected chi connectivity index (χ2v) is 4.58. The van der Waals surface area contributed by atoms with Crippen LogP contribution in [-0.2, 0) is 14.3 Å². The highest BCUT2D eigenvalue weighted by molar-refractivity contribution is 5.82. The van der Waals surface area contributed by atoms with Crippen LogP contribution in [0.3, 0.4) is 0 Å². The number of carbonyl (C=O) groups excluding carboxylic acids is 1. The molecule has 15 heavy (non-hydrogen) atoms. The Morgan fingerprint density at radius 3 is 2.67 bits per heavy atom. The number of ether oxygens (including phenoxy) is 2. The van der Waals surface area contributed by atoms with Gasteiger partial charge in [-0.1, -0.05) is 0 Å². The first-order chi connectivity index (χ1) is 7.21. The largest absolute Gasteiger partial charge is 0.466 e. The van der Waals surface area contributed by atoms with Gasteiger partial charge >= 0.3 is 5.97 Å². The average Bonchev–Trinajstić information content (AvgIpc) is 2.88. The van der Waals surface area contributed by atoms with Crippen molar-refractivity contribution in [1.29, 1.82) is 0 Å². The molecule has 86 valence electrons. The number of carbonyl (C=O) groups is 1. The van der Waals surface area contributed by atoms with Gasteiger partial charge in [-0.15, -0.1) is 0 Å². The molecule has 0 aromatic rings. The van der Waals surface area contributed by atoms with Crippen LogP contribution in [0.2, 0.25) is 0 Å². The number of nitrogens with two attached hydrogens (primary N) is 1. The smallest absolute Gasteiger partial charge is 0.313 e. The van der Waals surface area contributed by atoms with Gasteiger partial charge in [-0.3, -0.25) is 4.79 Å². The summed E-state index contributed by atoms with van der Waals surface area (Å²) in [6.07, 6.45) is 2.78. The minimum atomic E-state index is -0.396. The van der Waals surface area contributed by atoms with Gasteiger partial charge in [0.1, 0.15) is 0 Å². The predicted molar refractivity (Wildman–Crippen MR) is 55.2 cm³/mol. The highest BCUT2D eigenvalue weighted by atomic mass is 16.5. The predicted octanol–water partition coefficient (Wildman–Crippen LogP) is 0.695. The maximum absolute atomic E-state index is 11.9. The minimum absolute atomic E-state index is 0.0895. The van der Waals surface area contributed by atoms with Crippen LogP contribution in [0.1, 0.15) is 26.2 Å². The molecule has 0 radical (unpaired) electrons. The zero-order valence-corrected chi connectivity index (χ0v) is 9.25. The molecule has 0 aromatic heterocycles. The Kier molecular flexibility index (Phi) is 2.73. The zero-order chi connectivity index (χ0) is 10.9. The van der Waals surface area contributed by atoms with Crippen LogP contribution >= 0.6 is 0 Å². The van der Waals surface area contributed by atoms with Gasteiger partial charge in [0.15, 0.2) is 0 Å². The Morgan fingerprint density at radius 1 is 1.47 bits per heavy atom. The number of rotatable bonds is 3. The van der Waals surface area contributed by atoms with E-state index in [1.807, 2.05) is 6.92 Å². The van der Waals surface area contributed by atoms with E-state index in [2.05, 4.69) is 0 Å². The molecule has 2 aliphatic rings. The third-order valence-corrected chi connectivity index (χ3v) is 3.99. The van der Waals surface area contributed by atoms with E-state index in [1.54, 1.807) is 0 Å². The van der Waals surface area contributed by atoms with Crippen LogP contribution in [0, 0.1) is 10.8 Å². The van der Waals surface area contributed by atoms with Gasteiger partial charge in [0.25, 0.3) is 0 Å². The molecule has 0 bridgehead atoms. The van der Waals surface area contributed by atoms with Gasteiger partial charge in [-0.2, -0.15) is 0 Å². The Hall–Kier alpha value is -0.610. The van der Waals surface area contributed by atoms with E-state index >= 15 is 0 Å². The van der Waals surface area contributed by atoms with E-state index in [9.17, 15) is 4.79 Å². The molecule has 1 saturated carbocycles. The summed E-state index contributed by atoms with van der Waals surface area (Å²) in [4.78, 5) is 11.9. The lowest BCUT2D eigenvalue weighted by Gasteiger charge is -2.27. The summed E-state index contributed by atoms with van der Waals surface area (Å²) in [6, 6.07) is 0. The van der Waals surface area contributed by atoms with Crippen molar-refractivity contribution in [3.8, 4) is 0 Å². The fourth-order valence-electron chi connectivity index (χ4n) is 2.88. The van der Waals surface area contributed by atoms with Crippen LogP contribution < -0.4 is 5.73 Å². The summed E-state index contributed by atoms with van der Waals surface area (Å²) >= 11 is 0. The van der Waals surface area contributed by atoms with Gasteiger partial charge in [-0.05, 0) is 31.6 Å². The SMILES string of the molecule is CCOC(=O)C1(CN)CC12CCOCC2. The third kappa shape index (κ3) is 1.47. The van der Waals surface area contributed by atoms with Crippen molar-refractivity contribution < 1.29 is 14.3 Å². The van der Waals surface area contributed by atoms with Crippen molar-refractivity contribution in [3.63, 3.8) is 0 Å². The highest BCUT2D eigenvalue weighted by Gasteiger charge is 2.71. The Balaban J connectivity index is 2.09. The fraction of sp³-hybridized carbons (Fsp3) is 0.909. The van der Waals surface area contributed by atoms with Crippen molar-refractivity contribution in [1.82, 2.24) is 0 Å². The molecule has 1 heterocycles. The van der Waals surface area contributed by atoms with Gasteiger partial charge in [-0.25, -0.2) is 0 Å². The first-order valence-electron chi connectivity index (χ1n) is 5.66. The number of hydrogen-bond donors (Lipinski definition) is 1. The van der Waals surface area contributed by atoms with Crippen molar-refractivity contribution in [2.45, 2.75) is 26.2 Å². The van der Waals surface area contributed by atoms with Crippen molar-refractivity contribution in [3.05, 3.63) is 0 Å². The van der Waals surface area contributed by atoms with Crippen molar-refractivity contribution >= 4 is 5.97 Å². The van der Waals surface area contributed by atoms with Crippen molar-refractivity contribution in [2.75, 3.05) is 26.4 Å². The highest BCUT2D eigenvalue weighted by Crippen LogP contribution is 2.68. The standard InChI is InChI=1S/C11H19NO3/c1-2-15-9(13)11(8-12)7-10(11)3-5-14-6-4-10/h2-8,12H2,1H3. The molecule has 2 N–H and O–H groups in total. The summed E-state index contributed by atoms with van der Waals surface area (Å²) in [5.41, 5.74) is 5.46. The minimum Gasteiger partial charge on any atom is -0.466 e. The zero-order valence-electron chi connectivity index (χ0n) is 9.25. The topological polar surface area (TPSA) is 61.5 Å². The second kappa shape index (κ2) is 3.76. The second-order valence-electron chi connectivity index (χ2n) is 4.58. The van der Waals surface area contributed by atoms with Crippen LogP contribution in [-0.4, -0.2) is 32.3 Å². The fourth-order valence-corrected chi connectivity index (χ4v) is 2.88. The molecular weight excluding hydrogens is 194 g/mol. The summed E-state index contributed by atoms with van der Waals surface area (Å²) in [5, 5.41) is 0. The lowest BCUT2D eigenvalue weighted by Crippen LogP contribution is -2.35. The van der Waals surface area contributed by atoms with Crippen molar-refractivity contribution in [2.24, 2.45) is 16.6 Å². The summed E-state index contributed by atoms with van der Waals surface area (Å²) in [6.45, 7) is 4.18. The third-order valence-electron chi connectivity index (χ3n) is 3.99. The quantitative estimate of drug-likeness (QED) is 0.701. The van der Waals surface area contributed by atoms with Gasteiger partial charge < -0.3 is 15.2 Å². The Labute approximate surface area is 90.1 Å². The lowest BCUT2D eigenvalue weighted by atomic mass is 9.86. The van der Waals surface area contributed by atoms with Crippen LogP contribution in [0.15, 0.2) is 0 Å². The van der Waals surface area contributed by atoms with Gasteiger partial charge in [0, 0.05) is 19.8 Å². The van der Waals surface area contributed by atoms with E-state index < -0.39 is 5.41 Å². The van der Waals surface area contributed by atoms with Crippen LogP contribution in [0.25, 0.3) is 0 Å².